The van der Waals surface area contributed by atoms with Gasteiger partial charge in [0, 0.05) is 20.1 Å². The fourth-order valence-electron chi connectivity index (χ4n) is 4.13. The van der Waals surface area contributed by atoms with Crippen molar-refractivity contribution in [2.45, 2.75) is 71.0 Å². The summed E-state index contributed by atoms with van der Waals surface area (Å²) in [7, 11) is 1.91. The number of carbonyl (C=O) groups excluding carboxylic acids is 1. The molecular formula is C23H32ClN3O4. The van der Waals surface area contributed by atoms with Gasteiger partial charge in [-0.2, -0.15) is 4.98 Å². The highest BCUT2D eigenvalue weighted by Crippen LogP contribution is 2.36. The Labute approximate surface area is 188 Å². The van der Waals surface area contributed by atoms with Gasteiger partial charge in [-0.05, 0) is 57.3 Å². The SMILES string of the molecule is CC(=O)C[C@@H](C)COC1CCC(Oc2nc3cnc(OCC4CC4)c(Cl)c3n2C)CC1. The van der Waals surface area contributed by atoms with Crippen LogP contribution in [-0.2, 0) is 16.6 Å². The van der Waals surface area contributed by atoms with Crippen molar-refractivity contribution >= 4 is 28.4 Å². The number of ketones is 1. The summed E-state index contributed by atoms with van der Waals surface area (Å²) in [5, 5.41) is 0.486. The Morgan fingerprint density at radius 3 is 2.61 bits per heavy atom. The summed E-state index contributed by atoms with van der Waals surface area (Å²) < 4.78 is 19.9. The fourth-order valence-corrected chi connectivity index (χ4v) is 4.46. The monoisotopic (exact) mass is 449 g/mol. The van der Waals surface area contributed by atoms with Crippen LogP contribution in [0.2, 0.25) is 5.02 Å². The Kier molecular flexibility index (Phi) is 7.02. The highest BCUT2D eigenvalue weighted by Gasteiger charge is 2.27. The second-order valence-electron chi connectivity index (χ2n) is 9.18. The molecule has 4 rings (SSSR count). The van der Waals surface area contributed by atoms with Crippen LogP contribution in [-0.4, -0.2) is 45.7 Å². The van der Waals surface area contributed by atoms with Gasteiger partial charge < -0.3 is 19.0 Å². The van der Waals surface area contributed by atoms with Gasteiger partial charge in [0.05, 0.1) is 24.4 Å². The second kappa shape index (κ2) is 9.74. The molecule has 31 heavy (non-hydrogen) atoms. The predicted octanol–water partition coefficient (Wildman–Crippen LogP) is 4.73. The predicted molar refractivity (Wildman–Crippen MR) is 119 cm³/mol. The van der Waals surface area contributed by atoms with Crippen LogP contribution in [0.1, 0.15) is 58.8 Å². The van der Waals surface area contributed by atoms with Crippen molar-refractivity contribution in [3.8, 4) is 11.9 Å². The molecule has 0 radical (unpaired) electrons. The second-order valence-corrected chi connectivity index (χ2v) is 9.56. The lowest BCUT2D eigenvalue weighted by Gasteiger charge is -2.29. The van der Waals surface area contributed by atoms with Gasteiger partial charge in [0.1, 0.15) is 22.4 Å². The Balaban J connectivity index is 1.32. The number of ether oxygens (including phenoxy) is 3. The summed E-state index contributed by atoms with van der Waals surface area (Å²) in [6.07, 6.45) is 8.77. The summed E-state index contributed by atoms with van der Waals surface area (Å²) in [5.41, 5.74) is 1.49. The third kappa shape index (κ3) is 5.69. The first-order valence-electron chi connectivity index (χ1n) is 11.3. The topological polar surface area (TPSA) is 75.5 Å². The number of nitrogens with zero attached hydrogens (tertiary/aromatic N) is 3. The number of pyridine rings is 1. The molecule has 2 heterocycles. The van der Waals surface area contributed by atoms with E-state index in [4.69, 9.17) is 25.8 Å². The van der Waals surface area contributed by atoms with Gasteiger partial charge in [-0.1, -0.05) is 18.5 Å². The number of halogens is 1. The van der Waals surface area contributed by atoms with Crippen LogP contribution in [0.5, 0.6) is 11.9 Å². The molecule has 2 aromatic rings. The van der Waals surface area contributed by atoms with E-state index in [1.807, 2.05) is 11.6 Å². The molecule has 8 heteroatoms. The normalized spacial score (nSPS) is 22.5. The largest absolute Gasteiger partial charge is 0.476 e. The number of carbonyl (C=O) groups is 1. The Morgan fingerprint density at radius 1 is 1.23 bits per heavy atom. The number of imidazole rings is 1. The van der Waals surface area contributed by atoms with Crippen molar-refractivity contribution in [3.63, 3.8) is 0 Å². The van der Waals surface area contributed by atoms with Gasteiger partial charge in [-0.3, -0.25) is 4.57 Å². The zero-order valence-electron chi connectivity index (χ0n) is 18.6. The van der Waals surface area contributed by atoms with Crippen molar-refractivity contribution in [2.24, 2.45) is 18.9 Å². The molecule has 2 aliphatic carbocycles. The smallest absolute Gasteiger partial charge is 0.297 e. The van der Waals surface area contributed by atoms with E-state index < -0.39 is 0 Å². The number of rotatable bonds is 10. The molecule has 0 saturated heterocycles. The quantitative estimate of drug-likeness (QED) is 0.521. The summed E-state index contributed by atoms with van der Waals surface area (Å²) in [5.74, 6) is 1.58. The minimum absolute atomic E-state index is 0.0994. The Morgan fingerprint density at radius 2 is 1.94 bits per heavy atom. The number of aromatic nitrogens is 3. The van der Waals surface area contributed by atoms with Gasteiger partial charge in [0.2, 0.25) is 5.88 Å². The average Bonchev–Trinajstić information content (AvgIpc) is 3.50. The fraction of sp³-hybridized carbons (Fsp3) is 0.696. The zero-order valence-corrected chi connectivity index (χ0v) is 19.4. The van der Waals surface area contributed by atoms with Gasteiger partial charge >= 0.3 is 0 Å². The highest BCUT2D eigenvalue weighted by atomic mass is 35.5. The molecule has 170 valence electrons. The van der Waals surface area contributed by atoms with Crippen molar-refractivity contribution in [3.05, 3.63) is 11.2 Å². The molecule has 1 atom stereocenters. The standard InChI is InChI=1S/C23H32ClN3O4/c1-14(10-15(2)28)12-29-17-6-8-18(9-7-17)31-23-26-19-11-25-22(30-13-16-4-5-16)20(24)21(19)27(23)3/h11,14,16-18H,4-10,12-13H2,1-3H3/t14-,17?,18?/m1/s1. The third-order valence-corrected chi connectivity index (χ3v) is 6.42. The van der Waals surface area contributed by atoms with E-state index in [-0.39, 0.29) is 23.9 Å². The van der Waals surface area contributed by atoms with Crippen LogP contribution < -0.4 is 9.47 Å². The van der Waals surface area contributed by atoms with E-state index in [9.17, 15) is 4.79 Å². The lowest BCUT2D eigenvalue weighted by atomic mass is 9.95. The molecule has 2 aliphatic rings. The molecule has 2 aromatic heterocycles. The van der Waals surface area contributed by atoms with Crippen LogP contribution >= 0.6 is 11.6 Å². The Bertz CT molecular complexity index is 919. The molecule has 2 fully saturated rings. The van der Waals surface area contributed by atoms with Crippen molar-refractivity contribution in [1.82, 2.24) is 14.5 Å². The van der Waals surface area contributed by atoms with Crippen LogP contribution in [0.15, 0.2) is 6.20 Å². The molecule has 0 bridgehead atoms. The molecule has 7 nitrogen and oxygen atoms in total. The van der Waals surface area contributed by atoms with E-state index in [1.165, 1.54) is 12.8 Å². The van der Waals surface area contributed by atoms with Gasteiger partial charge in [0.25, 0.3) is 6.01 Å². The number of hydrogen-bond donors (Lipinski definition) is 0. The van der Waals surface area contributed by atoms with E-state index in [2.05, 4.69) is 16.9 Å². The number of hydrogen-bond acceptors (Lipinski definition) is 6. The lowest BCUT2D eigenvalue weighted by molar-refractivity contribution is -0.118. The average molecular weight is 450 g/mol. The van der Waals surface area contributed by atoms with Crippen molar-refractivity contribution < 1.29 is 19.0 Å². The van der Waals surface area contributed by atoms with Gasteiger partial charge in [0.15, 0.2) is 0 Å². The molecule has 0 unspecified atom stereocenters. The summed E-state index contributed by atoms with van der Waals surface area (Å²) >= 11 is 6.58. The summed E-state index contributed by atoms with van der Waals surface area (Å²) in [6, 6.07) is 0.553. The maximum Gasteiger partial charge on any atom is 0.297 e. The summed E-state index contributed by atoms with van der Waals surface area (Å²) in [6.45, 7) is 4.99. The van der Waals surface area contributed by atoms with Crippen LogP contribution in [0, 0.1) is 11.8 Å². The Hall–Kier alpha value is -1.86. The van der Waals surface area contributed by atoms with Crippen LogP contribution in [0.4, 0.5) is 0 Å². The van der Waals surface area contributed by atoms with Crippen LogP contribution in [0.25, 0.3) is 11.0 Å². The number of Topliss-reactive ketones (excluding diaryl/α,β-unsaturated/α-hetero) is 1. The first-order valence-corrected chi connectivity index (χ1v) is 11.7. The molecule has 2 saturated carbocycles. The number of aryl methyl sites for hydroxylation is 1. The highest BCUT2D eigenvalue weighted by molar-refractivity contribution is 6.36. The molecule has 0 aliphatic heterocycles. The van der Waals surface area contributed by atoms with Gasteiger partial charge in [-0.15, -0.1) is 0 Å². The van der Waals surface area contributed by atoms with E-state index in [0.29, 0.717) is 48.0 Å². The van der Waals surface area contributed by atoms with Crippen molar-refractivity contribution in [2.75, 3.05) is 13.2 Å². The molecule has 0 spiro atoms. The molecular weight excluding hydrogens is 418 g/mol. The summed E-state index contributed by atoms with van der Waals surface area (Å²) in [4.78, 5) is 20.2. The maximum absolute atomic E-state index is 11.2. The first kappa shape index (κ1) is 22.3. The van der Waals surface area contributed by atoms with Crippen LogP contribution in [0.3, 0.4) is 0 Å². The zero-order chi connectivity index (χ0) is 22.0. The number of fused-ring (bicyclic) bond motifs is 1. The van der Waals surface area contributed by atoms with Crippen molar-refractivity contribution in [1.29, 1.82) is 0 Å². The minimum Gasteiger partial charge on any atom is -0.476 e. The van der Waals surface area contributed by atoms with E-state index in [0.717, 1.165) is 31.2 Å². The third-order valence-electron chi connectivity index (χ3n) is 6.08. The lowest BCUT2D eigenvalue weighted by Crippen LogP contribution is -2.30. The van der Waals surface area contributed by atoms with E-state index in [1.54, 1.807) is 13.1 Å². The van der Waals surface area contributed by atoms with Gasteiger partial charge in [-0.25, -0.2) is 4.98 Å². The first-order chi connectivity index (χ1) is 14.9. The van der Waals surface area contributed by atoms with E-state index >= 15 is 0 Å². The minimum atomic E-state index is 0.0994. The molecule has 0 N–H and O–H groups in total. The molecule has 0 aromatic carbocycles. The molecule has 0 amide bonds. The maximum atomic E-state index is 11.2.